The molecule has 0 radical (unpaired) electrons. The van der Waals surface area contributed by atoms with E-state index in [-0.39, 0.29) is 74.9 Å². The number of hydrogen-bond acceptors (Lipinski definition) is 17. The molecule has 1 aromatic heterocycles. The predicted molar refractivity (Wildman–Crippen MR) is 343 cm³/mol. The van der Waals surface area contributed by atoms with Gasteiger partial charge in [0.15, 0.2) is 0 Å². The first kappa shape index (κ1) is 77.3. The number of benzene rings is 2. The Labute approximate surface area is 546 Å². The molecule has 18 N–H and O–H groups in total. The van der Waals surface area contributed by atoms with Crippen molar-refractivity contribution in [3.8, 4) is 11.5 Å². The maximum absolute atomic E-state index is 14.6. The molecule has 2 aromatic carbocycles. The molecule has 2 heterocycles. The number of unbranched alkanes of at least 4 members (excludes halogenated alkanes) is 1. The second kappa shape index (κ2) is 38.1. The van der Waals surface area contributed by atoms with Gasteiger partial charge in [0, 0.05) is 44.1 Å². The van der Waals surface area contributed by atoms with Crippen LogP contribution in [0.1, 0.15) is 130 Å². The van der Waals surface area contributed by atoms with Crippen LogP contribution < -0.4 is 59.3 Å². The fourth-order valence-electron chi connectivity index (χ4n) is 10.4. The van der Waals surface area contributed by atoms with Crippen LogP contribution in [0.3, 0.4) is 0 Å². The van der Waals surface area contributed by atoms with Gasteiger partial charge >= 0.3 is 11.9 Å². The van der Waals surface area contributed by atoms with E-state index < -0.39 is 163 Å². The summed E-state index contributed by atoms with van der Waals surface area (Å²) in [6.45, 7) is 13.3. The SMILES string of the molecule is CC[C@H](C)[C@H](N)C(=O)N[C@@H](CC(C)C)C(=O)N[C@@H](CCCCN)C(=O)N[C@@H](CCC(=O)O)C(=O)N1CCC[C@H]1C(=O)N[C@H](C(=O)N[C@@H](Cc1cnc[nH]1)C(=O)NCC(=O)N[C@H](C(=O)N[C@@H](Cc1ccc(O)cc1)C(=O)N[C@@H](Cc1ccc(O)cc1)C(=O)O)C(C)C)C(C)C. The van der Waals surface area contributed by atoms with Gasteiger partial charge < -0.3 is 89.6 Å². The molecule has 94 heavy (non-hydrogen) atoms. The maximum Gasteiger partial charge on any atom is 0.326 e. The number of carbonyl (C=O) groups excluding carboxylic acids is 10. The van der Waals surface area contributed by atoms with Crippen molar-refractivity contribution < 1.29 is 78.0 Å². The first-order chi connectivity index (χ1) is 44.4. The van der Waals surface area contributed by atoms with Gasteiger partial charge in [-0.15, -0.1) is 0 Å². The van der Waals surface area contributed by atoms with E-state index in [9.17, 15) is 78.0 Å². The monoisotopic (exact) mass is 1320 g/mol. The molecule has 0 spiro atoms. The van der Waals surface area contributed by atoms with Crippen LogP contribution in [0.2, 0.25) is 0 Å². The van der Waals surface area contributed by atoms with Crippen molar-refractivity contribution in [3.05, 3.63) is 77.9 Å². The summed E-state index contributed by atoms with van der Waals surface area (Å²) in [7, 11) is 0. The van der Waals surface area contributed by atoms with E-state index >= 15 is 0 Å². The number of rotatable bonds is 39. The molecule has 0 bridgehead atoms. The van der Waals surface area contributed by atoms with Crippen molar-refractivity contribution in [1.29, 1.82) is 0 Å². The summed E-state index contributed by atoms with van der Waals surface area (Å²) in [5.74, 6) is -12.3. The molecule has 4 rings (SSSR count). The Morgan fingerprint density at radius 3 is 1.64 bits per heavy atom. The van der Waals surface area contributed by atoms with Gasteiger partial charge in [0.05, 0.1) is 18.9 Å². The number of aliphatic carboxylic acids is 2. The van der Waals surface area contributed by atoms with Crippen molar-refractivity contribution in [1.82, 2.24) is 62.7 Å². The van der Waals surface area contributed by atoms with Gasteiger partial charge in [-0.25, -0.2) is 9.78 Å². The van der Waals surface area contributed by atoms with Crippen LogP contribution in [0.25, 0.3) is 0 Å². The number of H-pyrrole nitrogens is 1. The number of phenolic OH excluding ortho intramolecular Hbond substituents is 2. The van der Waals surface area contributed by atoms with Gasteiger partial charge in [0.25, 0.3) is 0 Å². The molecular weight excluding hydrogens is 1220 g/mol. The highest BCUT2D eigenvalue weighted by Crippen LogP contribution is 2.22. The minimum Gasteiger partial charge on any atom is -0.508 e. The number of nitrogens with one attached hydrogen (secondary N) is 10. The number of carbonyl (C=O) groups is 12. The molecule has 30 heteroatoms. The number of carboxylic acids is 2. The van der Waals surface area contributed by atoms with Gasteiger partial charge in [-0.2, -0.15) is 0 Å². The molecule has 518 valence electrons. The molecular formula is C64H96N14O16. The van der Waals surface area contributed by atoms with Gasteiger partial charge in [-0.1, -0.05) is 86.1 Å². The van der Waals surface area contributed by atoms with Crippen molar-refractivity contribution in [3.63, 3.8) is 0 Å². The zero-order valence-corrected chi connectivity index (χ0v) is 54.7. The summed E-state index contributed by atoms with van der Waals surface area (Å²) < 4.78 is 0. The molecule has 3 aromatic rings. The van der Waals surface area contributed by atoms with E-state index in [1.165, 1.54) is 66.0 Å². The first-order valence-corrected chi connectivity index (χ1v) is 31.9. The number of phenols is 2. The Hall–Kier alpha value is -9.19. The summed E-state index contributed by atoms with van der Waals surface area (Å²) in [6, 6.07) is -1.59. The molecule has 1 fully saturated rings. The van der Waals surface area contributed by atoms with Crippen LogP contribution in [0.5, 0.6) is 11.5 Å². The van der Waals surface area contributed by atoms with E-state index in [0.717, 1.165) is 0 Å². The third-order valence-corrected chi connectivity index (χ3v) is 16.1. The summed E-state index contributed by atoms with van der Waals surface area (Å²) in [5.41, 5.74) is 13.3. The maximum atomic E-state index is 14.6. The number of carboxylic acid groups (broad SMARTS) is 2. The second-order valence-corrected chi connectivity index (χ2v) is 24.9. The summed E-state index contributed by atoms with van der Waals surface area (Å²) >= 11 is 0. The second-order valence-electron chi connectivity index (χ2n) is 24.9. The van der Waals surface area contributed by atoms with Gasteiger partial charge in [0.1, 0.15) is 65.9 Å². The highest BCUT2D eigenvalue weighted by Gasteiger charge is 2.41. The average Bonchev–Trinajstić information content (AvgIpc) is 1.61. The Morgan fingerprint density at radius 2 is 1.12 bits per heavy atom. The van der Waals surface area contributed by atoms with E-state index in [0.29, 0.717) is 42.5 Å². The number of likely N-dealkylation sites (tertiary alicyclic amines) is 1. The molecule has 0 saturated carbocycles. The molecule has 1 saturated heterocycles. The standard InChI is InChI=1S/C64H96N14O16/c1-9-37(8)52(66)60(89)72-45(27-34(2)3)57(86)70-43(13-10-11-25-65)56(85)71-44(23-24-51(82)83)63(92)78-26-12-14-49(78)59(88)77-54(36(6)7)62(91)74-47(30-40-31-67-33-69-40)55(84)68-32-50(81)76-53(35(4)5)61(90)73-46(28-38-15-19-41(79)20-16-38)58(87)75-48(64(93)94)29-39-17-21-42(80)22-18-39/h15-22,31,33-37,43-49,52-54,79-80H,9-14,23-30,32,65-66H2,1-8H3,(H,67,69)(H,68,84)(H,70,86)(H,71,85)(H,72,89)(H,73,90)(H,74,91)(H,75,87)(H,76,81)(H,77,88)(H,82,83)(H,93,94)/t37-,43-,44-,45-,46-,47-,48-,49-,52-,53-,54-/m0/s1. The van der Waals surface area contributed by atoms with E-state index in [4.69, 9.17) is 11.5 Å². The summed E-state index contributed by atoms with van der Waals surface area (Å²) in [4.78, 5) is 173. The van der Waals surface area contributed by atoms with Crippen LogP contribution in [0.4, 0.5) is 0 Å². The number of aromatic amines is 1. The normalized spacial score (nSPS) is 16.1. The lowest BCUT2D eigenvalue weighted by molar-refractivity contribution is -0.144. The lowest BCUT2D eigenvalue weighted by atomic mass is 9.97. The van der Waals surface area contributed by atoms with Crippen LogP contribution >= 0.6 is 0 Å². The van der Waals surface area contributed by atoms with Crippen molar-refractivity contribution >= 4 is 71.0 Å². The smallest absolute Gasteiger partial charge is 0.326 e. The quantitative estimate of drug-likeness (QED) is 0.0324. The van der Waals surface area contributed by atoms with E-state index in [1.54, 1.807) is 34.6 Å². The molecule has 30 nitrogen and oxygen atoms in total. The van der Waals surface area contributed by atoms with E-state index in [2.05, 4.69) is 57.8 Å². The molecule has 0 unspecified atom stereocenters. The number of aromatic nitrogens is 2. The minimum atomic E-state index is -1.51. The van der Waals surface area contributed by atoms with Crippen LogP contribution in [-0.2, 0) is 76.8 Å². The number of nitrogens with two attached hydrogens (primary N) is 2. The van der Waals surface area contributed by atoms with Crippen LogP contribution in [0.15, 0.2) is 61.1 Å². The zero-order chi connectivity index (χ0) is 69.9. The predicted octanol–water partition coefficient (Wildman–Crippen LogP) is -0.356. The third-order valence-electron chi connectivity index (χ3n) is 16.1. The van der Waals surface area contributed by atoms with Crippen LogP contribution in [-0.4, -0.2) is 186 Å². The number of imidazole rings is 1. The number of amides is 10. The van der Waals surface area contributed by atoms with E-state index in [1.807, 2.05) is 20.8 Å². The lowest BCUT2D eigenvalue weighted by Gasteiger charge is -2.31. The Kier molecular flexibility index (Phi) is 31.3. The molecule has 1 aliphatic rings. The van der Waals surface area contributed by atoms with Crippen molar-refractivity contribution in [2.45, 2.75) is 193 Å². The number of hydrogen-bond donors (Lipinski definition) is 16. The molecule has 0 aliphatic carbocycles. The zero-order valence-electron chi connectivity index (χ0n) is 54.7. The number of nitrogens with zero attached hydrogens (tertiary/aromatic N) is 2. The summed E-state index contributed by atoms with van der Waals surface area (Å²) in [5, 5.41) is 63.0. The van der Waals surface area contributed by atoms with Gasteiger partial charge in [-0.05, 0) is 111 Å². The van der Waals surface area contributed by atoms with Crippen molar-refractivity contribution in [2.75, 3.05) is 19.6 Å². The highest BCUT2D eigenvalue weighted by atomic mass is 16.4. The first-order valence-electron chi connectivity index (χ1n) is 31.9. The Morgan fingerprint density at radius 1 is 0.606 bits per heavy atom. The minimum absolute atomic E-state index is 0.00104. The van der Waals surface area contributed by atoms with Gasteiger partial charge in [-0.3, -0.25) is 52.7 Å². The fourth-order valence-corrected chi connectivity index (χ4v) is 10.4. The average molecular weight is 1320 g/mol. The third kappa shape index (κ3) is 25.0. The Balaban J connectivity index is 1.49. The topological polar surface area (TPSA) is 478 Å². The lowest BCUT2D eigenvalue weighted by Crippen LogP contribution is -2.60. The molecule has 1 aliphatic heterocycles. The van der Waals surface area contributed by atoms with Crippen LogP contribution in [0, 0.1) is 23.7 Å². The summed E-state index contributed by atoms with van der Waals surface area (Å²) in [6.07, 6.45) is 3.24. The van der Waals surface area contributed by atoms with Gasteiger partial charge in [0.2, 0.25) is 59.1 Å². The fraction of sp³-hybridized carbons (Fsp3) is 0.578. The largest absolute Gasteiger partial charge is 0.508 e. The molecule has 10 amide bonds. The molecule has 11 atom stereocenters. The number of aromatic hydroxyl groups is 2. The Bertz CT molecular complexity index is 3040. The highest BCUT2D eigenvalue weighted by molar-refractivity contribution is 5.99. The van der Waals surface area contributed by atoms with Crippen molar-refractivity contribution in [2.24, 2.45) is 35.1 Å².